The van der Waals surface area contributed by atoms with Crippen LogP contribution in [0.5, 0.6) is 0 Å². The van der Waals surface area contributed by atoms with Gasteiger partial charge in [0.05, 0.1) is 6.54 Å². The van der Waals surface area contributed by atoms with Crippen molar-refractivity contribution in [3.63, 3.8) is 0 Å². The first-order valence-electron chi connectivity index (χ1n) is 10.1. The molecule has 1 aromatic heterocycles. The van der Waals surface area contributed by atoms with Gasteiger partial charge in [-0.1, -0.05) is 43.7 Å². The first kappa shape index (κ1) is 18.0. The van der Waals surface area contributed by atoms with Crippen LogP contribution in [0.2, 0.25) is 0 Å². The van der Waals surface area contributed by atoms with Crippen molar-refractivity contribution in [1.82, 2.24) is 19.7 Å². The van der Waals surface area contributed by atoms with Gasteiger partial charge in [0.15, 0.2) is 0 Å². The highest BCUT2D eigenvalue weighted by Crippen LogP contribution is 2.44. The zero-order valence-corrected chi connectivity index (χ0v) is 15.9. The number of hydrogen-bond acceptors (Lipinski definition) is 3. The molecule has 2 heterocycles. The van der Waals surface area contributed by atoms with E-state index in [2.05, 4.69) is 17.1 Å². The minimum absolute atomic E-state index is 0.159. The van der Waals surface area contributed by atoms with E-state index < -0.39 is 0 Å². The molecule has 1 saturated heterocycles. The maximum absolute atomic E-state index is 12.6. The number of piperidine rings is 1. The molecule has 1 N–H and O–H groups in total. The second kappa shape index (κ2) is 7.71. The fraction of sp³-hybridized carbons (Fsp3) is 0.571. The van der Waals surface area contributed by atoms with Gasteiger partial charge in [0.2, 0.25) is 5.91 Å². The SMILES string of the molecule is CCC[C@@H]1C[C@@H]1C(=O)N1CCC(c2n[nH]c(=O)n2Cc2ccccc2)CC1. The summed E-state index contributed by atoms with van der Waals surface area (Å²) in [7, 11) is 0. The van der Waals surface area contributed by atoms with Gasteiger partial charge in [0.1, 0.15) is 5.82 Å². The van der Waals surface area contributed by atoms with Gasteiger partial charge in [-0.3, -0.25) is 9.36 Å². The van der Waals surface area contributed by atoms with Crippen molar-refractivity contribution in [2.45, 2.75) is 51.5 Å². The lowest BCUT2D eigenvalue weighted by atomic mass is 9.95. The zero-order valence-electron chi connectivity index (χ0n) is 15.9. The Hall–Kier alpha value is -2.37. The van der Waals surface area contributed by atoms with E-state index in [1.54, 1.807) is 4.57 Å². The number of aromatic nitrogens is 3. The molecule has 1 aromatic carbocycles. The number of amides is 1. The summed E-state index contributed by atoms with van der Waals surface area (Å²) in [4.78, 5) is 26.9. The largest absolute Gasteiger partial charge is 0.343 e. The Morgan fingerprint density at radius 1 is 1.22 bits per heavy atom. The summed E-state index contributed by atoms with van der Waals surface area (Å²) in [5.41, 5.74) is 0.929. The number of nitrogens with one attached hydrogen (secondary N) is 1. The molecule has 0 unspecified atom stereocenters. The molecular weight excluding hydrogens is 340 g/mol. The number of carbonyl (C=O) groups is 1. The van der Waals surface area contributed by atoms with E-state index in [0.29, 0.717) is 18.4 Å². The van der Waals surface area contributed by atoms with E-state index in [4.69, 9.17) is 0 Å². The molecule has 1 aliphatic heterocycles. The standard InChI is InChI=1S/C21H28N4O2/c1-2-6-17-13-18(17)20(26)24-11-9-16(10-12-24)19-22-23-21(27)25(19)14-15-7-4-3-5-8-15/h3-5,7-8,16-18H,2,6,9-14H2,1H3,(H,23,27)/t17-,18+/m1/s1. The lowest BCUT2D eigenvalue weighted by Gasteiger charge is -2.32. The quantitative estimate of drug-likeness (QED) is 0.852. The highest BCUT2D eigenvalue weighted by molar-refractivity contribution is 5.81. The highest BCUT2D eigenvalue weighted by atomic mass is 16.2. The van der Waals surface area contributed by atoms with Crippen LogP contribution in [-0.2, 0) is 11.3 Å². The maximum atomic E-state index is 12.6. The fourth-order valence-electron chi connectivity index (χ4n) is 4.39. The van der Waals surface area contributed by atoms with E-state index in [1.807, 2.05) is 35.2 Å². The molecule has 6 nitrogen and oxygen atoms in total. The van der Waals surface area contributed by atoms with Crippen molar-refractivity contribution in [1.29, 1.82) is 0 Å². The monoisotopic (exact) mass is 368 g/mol. The van der Waals surface area contributed by atoms with Crippen LogP contribution in [0.1, 0.15) is 56.3 Å². The van der Waals surface area contributed by atoms with Gasteiger partial charge >= 0.3 is 5.69 Å². The minimum Gasteiger partial charge on any atom is -0.342 e. The number of aromatic amines is 1. The Morgan fingerprint density at radius 2 is 1.96 bits per heavy atom. The van der Waals surface area contributed by atoms with E-state index in [-0.39, 0.29) is 17.5 Å². The Kier molecular flexibility index (Phi) is 5.14. The first-order chi connectivity index (χ1) is 13.2. The summed E-state index contributed by atoms with van der Waals surface area (Å²) in [5, 5.41) is 6.93. The van der Waals surface area contributed by atoms with Crippen LogP contribution in [0, 0.1) is 11.8 Å². The molecular formula is C21H28N4O2. The smallest absolute Gasteiger partial charge is 0.342 e. The van der Waals surface area contributed by atoms with Crippen LogP contribution in [0.4, 0.5) is 0 Å². The van der Waals surface area contributed by atoms with Gasteiger partial charge in [-0.2, -0.15) is 5.10 Å². The average Bonchev–Trinajstić information content (AvgIpc) is 3.38. The van der Waals surface area contributed by atoms with Crippen LogP contribution in [0.3, 0.4) is 0 Å². The number of nitrogens with zero attached hydrogens (tertiary/aromatic N) is 3. The molecule has 4 rings (SSSR count). The third kappa shape index (κ3) is 3.84. The average molecular weight is 368 g/mol. The number of carbonyl (C=O) groups excluding carboxylic acids is 1. The molecule has 2 atom stereocenters. The Balaban J connectivity index is 1.39. The van der Waals surface area contributed by atoms with E-state index >= 15 is 0 Å². The van der Waals surface area contributed by atoms with Crippen LogP contribution in [0.15, 0.2) is 35.1 Å². The molecule has 6 heteroatoms. The zero-order chi connectivity index (χ0) is 18.8. The molecule has 144 valence electrons. The number of rotatable bonds is 6. The van der Waals surface area contributed by atoms with Crippen molar-refractivity contribution in [2.24, 2.45) is 11.8 Å². The summed E-state index contributed by atoms with van der Waals surface area (Å²) in [5.74, 6) is 2.27. The third-order valence-corrected chi connectivity index (χ3v) is 6.04. The van der Waals surface area contributed by atoms with Crippen molar-refractivity contribution in [3.05, 3.63) is 52.2 Å². The topological polar surface area (TPSA) is 71.0 Å². The third-order valence-electron chi connectivity index (χ3n) is 6.04. The Morgan fingerprint density at radius 3 is 2.67 bits per heavy atom. The molecule has 2 aliphatic rings. The normalized spacial score (nSPS) is 22.8. The predicted octanol–water partition coefficient (Wildman–Crippen LogP) is 2.76. The number of hydrogen-bond donors (Lipinski definition) is 1. The van der Waals surface area contributed by atoms with Crippen LogP contribution in [-0.4, -0.2) is 38.7 Å². The van der Waals surface area contributed by atoms with Crippen molar-refractivity contribution < 1.29 is 4.79 Å². The molecule has 0 spiro atoms. The summed E-state index contributed by atoms with van der Waals surface area (Å²) in [6.07, 6.45) is 5.15. The van der Waals surface area contributed by atoms with Crippen molar-refractivity contribution in [2.75, 3.05) is 13.1 Å². The predicted molar refractivity (Wildman–Crippen MR) is 103 cm³/mol. The van der Waals surface area contributed by atoms with Crippen LogP contribution >= 0.6 is 0 Å². The maximum Gasteiger partial charge on any atom is 0.343 e. The van der Waals surface area contributed by atoms with Gasteiger partial charge in [0, 0.05) is 24.9 Å². The minimum atomic E-state index is -0.159. The number of H-pyrrole nitrogens is 1. The first-order valence-corrected chi connectivity index (χ1v) is 10.1. The van der Waals surface area contributed by atoms with Gasteiger partial charge < -0.3 is 4.90 Å². The lowest BCUT2D eigenvalue weighted by Crippen LogP contribution is -2.39. The molecule has 1 saturated carbocycles. The second-order valence-corrected chi connectivity index (χ2v) is 7.95. The lowest BCUT2D eigenvalue weighted by molar-refractivity contribution is -0.134. The molecule has 2 aromatic rings. The summed E-state index contributed by atoms with van der Waals surface area (Å²) in [6.45, 7) is 4.26. The Bertz CT molecular complexity index is 833. The van der Waals surface area contributed by atoms with Crippen molar-refractivity contribution in [3.8, 4) is 0 Å². The van der Waals surface area contributed by atoms with Crippen LogP contribution < -0.4 is 5.69 Å². The van der Waals surface area contributed by atoms with Gasteiger partial charge in [-0.15, -0.1) is 0 Å². The summed E-state index contributed by atoms with van der Waals surface area (Å²) in [6, 6.07) is 9.97. The fourth-order valence-corrected chi connectivity index (χ4v) is 4.39. The Labute approximate surface area is 159 Å². The second-order valence-electron chi connectivity index (χ2n) is 7.95. The molecule has 0 bridgehead atoms. The van der Waals surface area contributed by atoms with E-state index in [0.717, 1.165) is 50.2 Å². The van der Waals surface area contributed by atoms with Crippen LogP contribution in [0.25, 0.3) is 0 Å². The molecule has 2 fully saturated rings. The van der Waals surface area contributed by atoms with E-state index in [1.165, 1.54) is 6.42 Å². The summed E-state index contributed by atoms with van der Waals surface area (Å²) < 4.78 is 1.75. The van der Waals surface area contributed by atoms with E-state index in [9.17, 15) is 9.59 Å². The number of benzene rings is 1. The molecule has 1 aliphatic carbocycles. The number of likely N-dealkylation sites (tertiary alicyclic amines) is 1. The molecule has 1 amide bonds. The molecule has 27 heavy (non-hydrogen) atoms. The van der Waals surface area contributed by atoms with Crippen molar-refractivity contribution >= 4 is 5.91 Å². The molecule has 0 radical (unpaired) electrons. The highest BCUT2D eigenvalue weighted by Gasteiger charge is 2.44. The van der Waals surface area contributed by atoms with Gasteiger partial charge in [-0.05, 0) is 37.2 Å². The van der Waals surface area contributed by atoms with Gasteiger partial charge in [0.25, 0.3) is 0 Å². The summed E-state index contributed by atoms with van der Waals surface area (Å²) >= 11 is 0. The van der Waals surface area contributed by atoms with Gasteiger partial charge in [-0.25, -0.2) is 9.89 Å².